The van der Waals surface area contributed by atoms with Crippen molar-refractivity contribution in [3.63, 3.8) is 0 Å². The molecule has 0 N–H and O–H groups in total. The Morgan fingerprint density at radius 1 is 0.759 bits per heavy atom. The van der Waals surface area contributed by atoms with Crippen LogP contribution in [-0.4, -0.2) is 60.3 Å². The van der Waals surface area contributed by atoms with Gasteiger partial charge in [-0.1, -0.05) is 44.9 Å². The number of hydrogen-bond acceptors (Lipinski definition) is 5. The Balaban J connectivity index is 1.23. The van der Waals surface area contributed by atoms with Gasteiger partial charge in [-0.05, 0) is 37.3 Å². The van der Waals surface area contributed by atoms with Gasteiger partial charge in [-0.15, -0.1) is 10.2 Å². The van der Waals surface area contributed by atoms with Gasteiger partial charge in [-0.2, -0.15) is 0 Å². The Bertz CT molecular complexity index is 627. The molecular formula is C23H37N5O. The lowest BCUT2D eigenvalue weighted by molar-refractivity contribution is -0.131. The average Bonchev–Trinajstić information content (AvgIpc) is 3.08. The first kappa shape index (κ1) is 20.4. The molecule has 0 spiro atoms. The number of amides is 1. The van der Waals surface area contributed by atoms with E-state index < -0.39 is 0 Å². The molecule has 3 heterocycles. The van der Waals surface area contributed by atoms with E-state index in [1.165, 1.54) is 57.8 Å². The second-order valence-electron chi connectivity index (χ2n) is 9.06. The number of rotatable bonds is 5. The molecule has 3 fully saturated rings. The van der Waals surface area contributed by atoms with Crippen LogP contribution in [0.3, 0.4) is 0 Å². The minimum absolute atomic E-state index is 0.345. The Kier molecular flexibility index (Phi) is 7.23. The molecule has 29 heavy (non-hydrogen) atoms. The summed E-state index contributed by atoms with van der Waals surface area (Å²) in [5.74, 6) is 3.08. The third kappa shape index (κ3) is 5.61. The second-order valence-corrected chi connectivity index (χ2v) is 9.06. The summed E-state index contributed by atoms with van der Waals surface area (Å²) >= 11 is 0. The highest BCUT2D eigenvalue weighted by Gasteiger charge is 2.23. The Hall–Kier alpha value is -1.85. The van der Waals surface area contributed by atoms with Crippen LogP contribution in [0, 0.1) is 5.92 Å². The molecule has 2 saturated heterocycles. The van der Waals surface area contributed by atoms with Crippen molar-refractivity contribution in [1.29, 1.82) is 0 Å². The van der Waals surface area contributed by atoms with E-state index >= 15 is 0 Å². The SMILES string of the molecule is O=C(CCC1CCCCC1)N1CCN(c2ccc(N3CCCCCC3)nn2)CC1. The van der Waals surface area contributed by atoms with Crippen LogP contribution in [0.4, 0.5) is 11.6 Å². The van der Waals surface area contributed by atoms with Crippen LogP contribution in [-0.2, 0) is 4.79 Å². The van der Waals surface area contributed by atoms with E-state index in [1.807, 2.05) is 0 Å². The maximum atomic E-state index is 12.6. The molecule has 6 nitrogen and oxygen atoms in total. The summed E-state index contributed by atoms with van der Waals surface area (Å²) in [6.45, 7) is 5.50. The summed E-state index contributed by atoms with van der Waals surface area (Å²) in [5.41, 5.74) is 0. The summed E-state index contributed by atoms with van der Waals surface area (Å²) in [6, 6.07) is 4.23. The molecule has 1 aromatic rings. The zero-order chi connectivity index (χ0) is 19.9. The molecule has 0 atom stereocenters. The first-order valence-electron chi connectivity index (χ1n) is 11.9. The van der Waals surface area contributed by atoms with Gasteiger partial charge in [-0.3, -0.25) is 4.79 Å². The molecule has 0 bridgehead atoms. The fourth-order valence-corrected chi connectivity index (χ4v) is 5.10. The van der Waals surface area contributed by atoms with Gasteiger partial charge in [-0.25, -0.2) is 0 Å². The number of aromatic nitrogens is 2. The summed E-state index contributed by atoms with van der Waals surface area (Å²) in [6.07, 6.45) is 13.7. The highest BCUT2D eigenvalue weighted by molar-refractivity contribution is 5.76. The Morgan fingerprint density at radius 2 is 1.31 bits per heavy atom. The van der Waals surface area contributed by atoms with Crippen molar-refractivity contribution >= 4 is 17.5 Å². The molecule has 0 unspecified atom stereocenters. The van der Waals surface area contributed by atoms with Gasteiger partial charge < -0.3 is 14.7 Å². The fraction of sp³-hybridized carbons (Fsp3) is 0.783. The zero-order valence-electron chi connectivity index (χ0n) is 17.9. The van der Waals surface area contributed by atoms with E-state index in [-0.39, 0.29) is 0 Å². The van der Waals surface area contributed by atoms with E-state index in [1.54, 1.807) is 0 Å². The van der Waals surface area contributed by atoms with Gasteiger partial charge in [0.05, 0.1) is 0 Å². The van der Waals surface area contributed by atoms with E-state index in [4.69, 9.17) is 0 Å². The standard InChI is InChI=1S/C23H37N5O/c29-23(13-10-20-8-4-3-5-9-20)28-18-16-27(17-19-28)22-12-11-21(24-25-22)26-14-6-1-2-7-15-26/h11-12,20H,1-10,13-19H2. The second kappa shape index (κ2) is 10.3. The summed E-state index contributed by atoms with van der Waals surface area (Å²) in [5, 5.41) is 9.01. The van der Waals surface area contributed by atoms with Crippen molar-refractivity contribution in [2.45, 2.75) is 70.6 Å². The minimum Gasteiger partial charge on any atom is -0.355 e. The van der Waals surface area contributed by atoms with Gasteiger partial charge in [0, 0.05) is 45.7 Å². The minimum atomic E-state index is 0.345. The van der Waals surface area contributed by atoms with E-state index in [2.05, 4.69) is 37.0 Å². The molecule has 0 radical (unpaired) electrons. The fourth-order valence-electron chi connectivity index (χ4n) is 5.10. The summed E-state index contributed by atoms with van der Waals surface area (Å²) < 4.78 is 0. The van der Waals surface area contributed by atoms with Crippen LogP contribution in [0.1, 0.15) is 70.6 Å². The molecule has 6 heteroatoms. The molecule has 1 aromatic heterocycles. The van der Waals surface area contributed by atoms with Gasteiger partial charge in [0.2, 0.25) is 5.91 Å². The van der Waals surface area contributed by atoms with Crippen molar-refractivity contribution in [2.24, 2.45) is 5.92 Å². The van der Waals surface area contributed by atoms with Crippen LogP contribution in [0.2, 0.25) is 0 Å². The summed E-state index contributed by atoms with van der Waals surface area (Å²) in [7, 11) is 0. The number of hydrogen-bond donors (Lipinski definition) is 0. The predicted molar refractivity (Wildman–Crippen MR) is 117 cm³/mol. The Labute approximate surface area is 175 Å². The van der Waals surface area contributed by atoms with Gasteiger partial charge in [0.15, 0.2) is 11.6 Å². The van der Waals surface area contributed by atoms with Crippen molar-refractivity contribution in [1.82, 2.24) is 15.1 Å². The number of piperazine rings is 1. The zero-order valence-corrected chi connectivity index (χ0v) is 17.9. The smallest absolute Gasteiger partial charge is 0.222 e. The molecule has 1 saturated carbocycles. The highest BCUT2D eigenvalue weighted by atomic mass is 16.2. The van der Waals surface area contributed by atoms with E-state index in [9.17, 15) is 4.79 Å². The maximum Gasteiger partial charge on any atom is 0.222 e. The number of carbonyl (C=O) groups is 1. The molecule has 160 valence electrons. The maximum absolute atomic E-state index is 12.6. The van der Waals surface area contributed by atoms with Crippen molar-refractivity contribution < 1.29 is 4.79 Å². The number of anilines is 2. The third-order valence-corrected chi connectivity index (χ3v) is 7.01. The molecule has 0 aromatic carbocycles. The quantitative estimate of drug-likeness (QED) is 0.752. The molecular weight excluding hydrogens is 362 g/mol. The Morgan fingerprint density at radius 3 is 1.90 bits per heavy atom. The van der Waals surface area contributed by atoms with Gasteiger partial charge >= 0.3 is 0 Å². The van der Waals surface area contributed by atoms with Crippen LogP contribution < -0.4 is 9.80 Å². The largest absolute Gasteiger partial charge is 0.355 e. The first-order valence-corrected chi connectivity index (χ1v) is 11.9. The molecule has 3 aliphatic rings. The van der Waals surface area contributed by atoms with E-state index in [0.717, 1.165) is 69.7 Å². The third-order valence-electron chi connectivity index (χ3n) is 7.01. The summed E-state index contributed by atoms with van der Waals surface area (Å²) in [4.78, 5) is 19.3. The molecule has 4 rings (SSSR count). The number of nitrogens with zero attached hydrogens (tertiary/aromatic N) is 5. The van der Waals surface area contributed by atoms with Crippen LogP contribution in [0.25, 0.3) is 0 Å². The first-order chi connectivity index (χ1) is 14.3. The van der Waals surface area contributed by atoms with Crippen molar-refractivity contribution in [3.8, 4) is 0 Å². The van der Waals surface area contributed by atoms with Crippen molar-refractivity contribution in [3.05, 3.63) is 12.1 Å². The molecule has 1 aliphatic carbocycles. The number of carbonyl (C=O) groups excluding carboxylic acids is 1. The van der Waals surface area contributed by atoms with Crippen LogP contribution in [0.15, 0.2) is 12.1 Å². The highest BCUT2D eigenvalue weighted by Crippen LogP contribution is 2.27. The topological polar surface area (TPSA) is 52.6 Å². The lowest BCUT2D eigenvalue weighted by Gasteiger charge is -2.35. The van der Waals surface area contributed by atoms with E-state index in [0.29, 0.717) is 5.91 Å². The average molecular weight is 400 g/mol. The van der Waals surface area contributed by atoms with Gasteiger partial charge in [0.25, 0.3) is 0 Å². The van der Waals surface area contributed by atoms with Crippen molar-refractivity contribution in [2.75, 3.05) is 49.1 Å². The van der Waals surface area contributed by atoms with Crippen LogP contribution in [0.5, 0.6) is 0 Å². The lowest BCUT2D eigenvalue weighted by atomic mass is 9.86. The molecule has 2 aliphatic heterocycles. The lowest BCUT2D eigenvalue weighted by Crippen LogP contribution is -2.49. The monoisotopic (exact) mass is 399 g/mol. The molecule has 1 amide bonds. The van der Waals surface area contributed by atoms with Crippen LogP contribution >= 0.6 is 0 Å². The predicted octanol–water partition coefficient (Wildman–Crippen LogP) is 3.87. The van der Waals surface area contributed by atoms with Gasteiger partial charge in [0.1, 0.15) is 0 Å². The normalized spacial score (nSPS) is 21.9.